The van der Waals surface area contributed by atoms with Gasteiger partial charge < -0.3 is 10.2 Å². The minimum absolute atomic E-state index is 0.666. The molecule has 2 rings (SSSR count). The van der Waals surface area contributed by atoms with Gasteiger partial charge in [-0.15, -0.1) is 0 Å². The van der Waals surface area contributed by atoms with Crippen LogP contribution >= 0.6 is 0 Å². The third-order valence-corrected chi connectivity index (χ3v) is 5.10. The minimum Gasteiger partial charge on any atom is -0.312 e. The molecule has 1 heterocycles. The summed E-state index contributed by atoms with van der Waals surface area (Å²) in [7, 11) is 4.53. The zero-order chi connectivity index (χ0) is 13.3. The Labute approximate surface area is 113 Å². The highest BCUT2D eigenvalue weighted by Crippen LogP contribution is 2.27. The molecule has 0 amide bonds. The lowest BCUT2D eigenvalue weighted by molar-refractivity contribution is 0.116. The van der Waals surface area contributed by atoms with Crippen LogP contribution in [0.4, 0.5) is 0 Å². The third-order valence-electron chi connectivity index (χ3n) is 5.10. The van der Waals surface area contributed by atoms with E-state index in [1.54, 1.807) is 0 Å². The number of piperidine rings is 1. The first-order chi connectivity index (χ1) is 8.49. The van der Waals surface area contributed by atoms with Crippen molar-refractivity contribution in [3.8, 4) is 0 Å². The number of nitrogens with zero attached hydrogens (tertiary/aromatic N) is 2. The van der Waals surface area contributed by atoms with E-state index in [4.69, 9.17) is 0 Å². The molecule has 0 aromatic carbocycles. The first kappa shape index (κ1) is 14.3. The van der Waals surface area contributed by atoms with E-state index in [1.165, 1.54) is 25.8 Å². The van der Waals surface area contributed by atoms with Gasteiger partial charge in [-0.1, -0.05) is 6.92 Å². The van der Waals surface area contributed by atoms with Gasteiger partial charge in [0.2, 0.25) is 0 Å². The summed E-state index contributed by atoms with van der Waals surface area (Å²) in [5.41, 5.74) is 0. The van der Waals surface area contributed by atoms with E-state index in [0.29, 0.717) is 12.1 Å². The normalized spacial score (nSPS) is 36.0. The van der Waals surface area contributed by atoms with Crippen molar-refractivity contribution in [3.63, 3.8) is 0 Å². The Bertz CT molecular complexity index is 264. The van der Waals surface area contributed by atoms with Gasteiger partial charge in [-0.05, 0) is 53.1 Å². The second-order valence-electron chi connectivity index (χ2n) is 6.76. The Morgan fingerprint density at radius 2 is 2.00 bits per heavy atom. The van der Waals surface area contributed by atoms with Crippen molar-refractivity contribution in [1.29, 1.82) is 0 Å². The summed E-state index contributed by atoms with van der Waals surface area (Å²) in [6.07, 6.45) is 4.10. The Morgan fingerprint density at radius 3 is 2.61 bits per heavy atom. The fraction of sp³-hybridized carbons (Fsp3) is 1.00. The van der Waals surface area contributed by atoms with Gasteiger partial charge in [0.05, 0.1) is 0 Å². The van der Waals surface area contributed by atoms with Crippen molar-refractivity contribution in [1.82, 2.24) is 15.1 Å². The van der Waals surface area contributed by atoms with Crippen molar-refractivity contribution in [2.45, 2.75) is 64.2 Å². The number of rotatable bonds is 5. The highest BCUT2D eigenvalue weighted by Gasteiger charge is 2.31. The van der Waals surface area contributed by atoms with Gasteiger partial charge in [0.1, 0.15) is 0 Å². The van der Waals surface area contributed by atoms with Crippen LogP contribution in [0.1, 0.15) is 40.0 Å². The summed E-state index contributed by atoms with van der Waals surface area (Å²) in [4.78, 5) is 5.04. The number of hydrogen-bond donors (Lipinski definition) is 1. The second kappa shape index (κ2) is 5.89. The standard InChI is InChI=1S/C15H31N3/c1-11-10-17(4)12(2)8-15(11)16-9-13(3)18(5)14-6-7-14/h11-16H,6-10H2,1-5H3. The summed E-state index contributed by atoms with van der Waals surface area (Å²) < 4.78 is 0. The maximum atomic E-state index is 3.82. The van der Waals surface area contributed by atoms with Crippen LogP contribution in [0.5, 0.6) is 0 Å². The van der Waals surface area contributed by atoms with Crippen LogP contribution in [0, 0.1) is 5.92 Å². The van der Waals surface area contributed by atoms with Crippen molar-refractivity contribution >= 4 is 0 Å². The van der Waals surface area contributed by atoms with Crippen LogP contribution in [0.25, 0.3) is 0 Å². The number of likely N-dealkylation sites (N-methyl/N-ethyl adjacent to an activating group) is 1. The molecule has 3 heteroatoms. The van der Waals surface area contributed by atoms with E-state index in [1.807, 2.05) is 0 Å². The van der Waals surface area contributed by atoms with E-state index < -0.39 is 0 Å². The van der Waals surface area contributed by atoms with Crippen LogP contribution in [0.2, 0.25) is 0 Å². The zero-order valence-corrected chi connectivity index (χ0v) is 12.8. The van der Waals surface area contributed by atoms with Crippen molar-refractivity contribution < 1.29 is 0 Å². The molecule has 4 unspecified atom stereocenters. The first-order valence-electron chi connectivity index (χ1n) is 7.64. The molecule has 2 aliphatic rings. The lowest BCUT2D eigenvalue weighted by Crippen LogP contribution is -2.53. The highest BCUT2D eigenvalue weighted by atomic mass is 15.2. The molecule has 1 N–H and O–H groups in total. The van der Waals surface area contributed by atoms with Crippen LogP contribution in [0.15, 0.2) is 0 Å². The fourth-order valence-corrected chi connectivity index (χ4v) is 3.13. The van der Waals surface area contributed by atoms with Crippen LogP contribution in [-0.2, 0) is 0 Å². The molecule has 1 saturated heterocycles. The third kappa shape index (κ3) is 3.46. The summed E-state index contributed by atoms with van der Waals surface area (Å²) >= 11 is 0. The lowest BCUT2D eigenvalue weighted by Gasteiger charge is -2.41. The van der Waals surface area contributed by atoms with Gasteiger partial charge in [-0.3, -0.25) is 4.90 Å². The average Bonchev–Trinajstić information content (AvgIpc) is 3.14. The second-order valence-corrected chi connectivity index (χ2v) is 6.76. The fourth-order valence-electron chi connectivity index (χ4n) is 3.13. The Kier molecular flexibility index (Phi) is 4.68. The number of nitrogens with one attached hydrogen (secondary N) is 1. The average molecular weight is 253 g/mol. The molecule has 18 heavy (non-hydrogen) atoms. The van der Waals surface area contributed by atoms with Gasteiger partial charge in [-0.25, -0.2) is 0 Å². The van der Waals surface area contributed by atoms with E-state index in [-0.39, 0.29) is 0 Å². The molecule has 0 spiro atoms. The summed E-state index contributed by atoms with van der Waals surface area (Å²) in [6.45, 7) is 9.45. The molecule has 0 aromatic heterocycles. The van der Waals surface area contributed by atoms with Crippen LogP contribution < -0.4 is 5.32 Å². The molecule has 0 aromatic rings. The van der Waals surface area contributed by atoms with Crippen molar-refractivity contribution in [3.05, 3.63) is 0 Å². The monoisotopic (exact) mass is 253 g/mol. The predicted molar refractivity (Wildman–Crippen MR) is 77.9 cm³/mol. The summed E-state index contributed by atoms with van der Waals surface area (Å²) in [5.74, 6) is 0.768. The zero-order valence-electron chi connectivity index (χ0n) is 12.8. The molecule has 1 aliphatic heterocycles. The first-order valence-corrected chi connectivity index (χ1v) is 7.64. The van der Waals surface area contributed by atoms with Crippen molar-refractivity contribution in [2.24, 2.45) is 5.92 Å². The quantitative estimate of drug-likeness (QED) is 0.806. The number of hydrogen-bond acceptors (Lipinski definition) is 3. The number of likely N-dealkylation sites (tertiary alicyclic amines) is 1. The van der Waals surface area contributed by atoms with E-state index in [2.05, 4.69) is 50.0 Å². The molecule has 106 valence electrons. The predicted octanol–water partition coefficient (Wildman–Crippen LogP) is 1.79. The van der Waals surface area contributed by atoms with E-state index in [9.17, 15) is 0 Å². The highest BCUT2D eigenvalue weighted by molar-refractivity contribution is 4.89. The van der Waals surface area contributed by atoms with Gasteiger partial charge in [0, 0.05) is 37.3 Å². The molecular weight excluding hydrogens is 222 g/mol. The van der Waals surface area contributed by atoms with Gasteiger partial charge in [0.25, 0.3) is 0 Å². The molecule has 0 bridgehead atoms. The summed E-state index contributed by atoms with van der Waals surface area (Å²) in [6, 6.07) is 2.96. The molecule has 2 fully saturated rings. The molecule has 1 saturated carbocycles. The Balaban J connectivity index is 1.75. The maximum absolute atomic E-state index is 3.82. The van der Waals surface area contributed by atoms with Crippen LogP contribution in [-0.4, -0.2) is 61.2 Å². The summed E-state index contributed by atoms with van der Waals surface area (Å²) in [5, 5.41) is 3.82. The van der Waals surface area contributed by atoms with Gasteiger partial charge in [-0.2, -0.15) is 0 Å². The van der Waals surface area contributed by atoms with E-state index >= 15 is 0 Å². The molecular formula is C15H31N3. The molecule has 4 atom stereocenters. The van der Waals surface area contributed by atoms with Gasteiger partial charge in [0.15, 0.2) is 0 Å². The Hall–Kier alpha value is -0.120. The topological polar surface area (TPSA) is 18.5 Å². The molecule has 3 nitrogen and oxygen atoms in total. The lowest BCUT2D eigenvalue weighted by atomic mass is 9.90. The molecule has 1 aliphatic carbocycles. The van der Waals surface area contributed by atoms with Crippen molar-refractivity contribution in [2.75, 3.05) is 27.2 Å². The Morgan fingerprint density at radius 1 is 1.33 bits per heavy atom. The molecule has 0 radical (unpaired) electrons. The maximum Gasteiger partial charge on any atom is 0.0192 e. The smallest absolute Gasteiger partial charge is 0.0192 e. The van der Waals surface area contributed by atoms with E-state index in [0.717, 1.165) is 24.5 Å². The SMILES string of the molecule is CC1CN(C)C(C)CC1NCC(C)N(C)C1CC1. The minimum atomic E-state index is 0.666. The largest absolute Gasteiger partial charge is 0.312 e. The van der Waals surface area contributed by atoms with Crippen LogP contribution in [0.3, 0.4) is 0 Å². The van der Waals surface area contributed by atoms with Gasteiger partial charge >= 0.3 is 0 Å².